The van der Waals surface area contributed by atoms with E-state index in [1.54, 1.807) is 0 Å². The van der Waals surface area contributed by atoms with Crippen LogP contribution in [0.25, 0.3) is 282 Å². The van der Waals surface area contributed by atoms with Gasteiger partial charge in [0.1, 0.15) is 22.3 Å². The van der Waals surface area contributed by atoms with Gasteiger partial charge in [0.15, 0.2) is 52.4 Å². The van der Waals surface area contributed by atoms with Crippen molar-refractivity contribution >= 4 is 140 Å². The molecule has 0 spiro atoms. The van der Waals surface area contributed by atoms with E-state index >= 15 is 0 Å². The van der Waals surface area contributed by atoms with Crippen LogP contribution >= 0.6 is 11.3 Å². The molecule has 22 aromatic carbocycles. The van der Waals surface area contributed by atoms with Gasteiger partial charge in [0.2, 0.25) is 0 Å². The second-order valence-electron chi connectivity index (χ2n) is 36.4. The van der Waals surface area contributed by atoms with Crippen LogP contribution in [0.2, 0.25) is 0 Å². The summed E-state index contributed by atoms with van der Waals surface area (Å²) in [4.78, 5) is 46.2. The molecule has 29 aromatic rings. The smallest absolute Gasteiger partial charge is 0.165 e. The summed E-state index contributed by atoms with van der Waals surface area (Å²) in [6, 6.07) is 173. The fraction of sp³-hybridized carbons (Fsp3) is 0. The van der Waals surface area contributed by atoms with E-state index < -0.39 is 0 Å². The SMILES string of the molecule is c1ccc(-c2ccc(-c3nc(-c4ccccc4)nc(-c4ccccc4-c4cccc(-c5c6ccccc6cc6oc7ccccc7c56)c4)n3)cc2)cc1.c1ccc(-c2nc(-c3ccc4c5ccccc5n(-c5ccccc5)c4c3)nc(-c3c4ccccc4cc4sc5ccccc5c34)n2)cc1.c1ccc(-c2nc(-c3ccccc3)nc(-c3cc4ccccc4cc3-c3c4ccccc4cc4oc5ccccc5c34)n2)cc1. The molecule has 7 aromatic heterocycles. The first-order valence-corrected chi connectivity index (χ1v) is 49.7. The van der Waals surface area contributed by atoms with Gasteiger partial charge in [0.25, 0.3) is 0 Å². The van der Waals surface area contributed by atoms with E-state index in [0.29, 0.717) is 52.4 Å². The molecule has 7 heterocycles. The first kappa shape index (κ1) is 85.7. The third kappa shape index (κ3) is 15.6. The summed E-state index contributed by atoms with van der Waals surface area (Å²) in [5.41, 5.74) is 24.3. The van der Waals surface area contributed by atoms with Crippen molar-refractivity contribution in [3.05, 3.63) is 497 Å². The molecule has 0 amide bonds. The van der Waals surface area contributed by atoms with Crippen molar-refractivity contribution in [1.29, 1.82) is 0 Å². The fourth-order valence-electron chi connectivity index (χ4n) is 20.9. The molecule has 0 aliphatic heterocycles. The van der Waals surface area contributed by atoms with Crippen LogP contribution in [-0.2, 0) is 0 Å². The number of fused-ring (bicyclic) bond motifs is 16. The molecule has 0 fully saturated rings. The minimum Gasteiger partial charge on any atom is -0.456 e. The van der Waals surface area contributed by atoms with Gasteiger partial charge in [-0.3, -0.25) is 0 Å². The summed E-state index contributed by atoms with van der Waals surface area (Å²) in [6.07, 6.45) is 0. The van der Waals surface area contributed by atoms with Gasteiger partial charge in [-0.15, -0.1) is 11.3 Å². The molecule has 0 unspecified atom stereocenters. The molecule has 0 saturated carbocycles. The number of furan rings is 2. The predicted octanol–water partition coefficient (Wildman–Crippen LogP) is 35.2. The lowest BCUT2D eigenvalue weighted by molar-refractivity contribution is 0.669. The highest BCUT2D eigenvalue weighted by molar-refractivity contribution is 7.26. The maximum Gasteiger partial charge on any atom is 0.165 e. The highest BCUT2D eigenvalue weighted by atomic mass is 32.1. The molecule has 0 aliphatic rings. The Morgan fingerprint density at radius 2 is 0.521 bits per heavy atom. The largest absolute Gasteiger partial charge is 0.456 e. The van der Waals surface area contributed by atoms with E-state index in [-0.39, 0.29) is 0 Å². The zero-order valence-corrected chi connectivity index (χ0v) is 79.4. The average molecular weight is 1880 g/mol. The third-order valence-corrected chi connectivity index (χ3v) is 28.8. The second kappa shape index (κ2) is 36.6. The molecule has 682 valence electrons. The molecule has 0 radical (unpaired) electrons. The Balaban J connectivity index is 0.000000109. The van der Waals surface area contributed by atoms with Crippen LogP contribution in [0.15, 0.2) is 506 Å². The number of aromatic nitrogens is 10. The van der Waals surface area contributed by atoms with Gasteiger partial charge in [0.05, 0.1) is 11.0 Å². The Kier molecular flexibility index (Phi) is 21.5. The van der Waals surface area contributed by atoms with Crippen molar-refractivity contribution in [2.75, 3.05) is 0 Å². The summed E-state index contributed by atoms with van der Waals surface area (Å²) in [5.74, 6) is 5.74. The molecule has 13 heteroatoms. The van der Waals surface area contributed by atoms with Crippen LogP contribution in [-0.4, -0.2) is 49.4 Å². The van der Waals surface area contributed by atoms with Crippen molar-refractivity contribution in [3.8, 4) is 153 Å². The number of thiophene rings is 1. The van der Waals surface area contributed by atoms with Gasteiger partial charge in [0, 0.05) is 119 Å². The first-order chi connectivity index (χ1) is 72.4. The van der Waals surface area contributed by atoms with Gasteiger partial charge < -0.3 is 13.4 Å². The van der Waals surface area contributed by atoms with Crippen molar-refractivity contribution in [3.63, 3.8) is 0 Å². The minimum absolute atomic E-state index is 0.621. The van der Waals surface area contributed by atoms with E-state index in [1.165, 1.54) is 52.8 Å². The van der Waals surface area contributed by atoms with Crippen LogP contribution in [0.5, 0.6) is 0 Å². The van der Waals surface area contributed by atoms with Crippen LogP contribution < -0.4 is 0 Å². The van der Waals surface area contributed by atoms with Gasteiger partial charge in [-0.25, -0.2) is 44.9 Å². The number of hydrogen-bond acceptors (Lipinski definition) is 12. The van der Waals surface area contributed by atoms with Crippen molar-refractivity contribution in [2.24, 2.45) is 0 Å². The van der Waals surface area contributed by atoms with Gasteiger partial charge in [-0.05, 0) is 155 Å². The summed E-state index contributed by atoms with van der Waals surface area (Å²) in [6.45, 7) is 0. The highest BCUT2D eigenvalue weighted by Crippen LogP contribution is 2.50. The zero-order valence-electron chi connectivity index (χ0n) is 78.5. The van der Waals surface area contributed by atoms with E-state index in [1.807, 2.05) is 151 Å². The number of rotatable bonds is 14. The third-order valence-electron chi connectivity index (χ3n) is 27.6. The number of para-hydroxylation sites is 4. The lowest BCUT2D eigenvalue weighted by Gasteiger charge is -2.16. The van der Waals surface area contributed by atoms with Gasteiger partial charge >= 0.3 is 0 Å². The summed E-state index contributed by atoms with van der Waals surface area (Å²) in [7, 11) is 0. The maximum absolute atomic E-state index is 6.47. The molecule has 0 bridgehead atoms. The van der Waals surface area contributed by atoms with Crippen LogP contribution in [0, 0.1) is 0 Å². The topological polar surface area (TPSA) is 147 Å². The van der Waals surface area contributed by atoms with Crippen molar-refractivity contribution in [2.45, 2.75) is 0 Å². The van der Waals surface area contributed by atoms with Crippen molar-refractivity contribution in [1.82, 2.24) is 49.4 Å². The summed E-state index contributed by atoms with van der Waals surface area (Å²) < 4.78 is 17.7. The molecule has 29 rings (SSSR count). The molecular weight excluding hydrogens is 1800 g/mol. The zero-order chi connectivity index (χ0) is 96.5. The van der Waals surface area contributed by atoms with E-state index in [0.717, 1.165) is 176 Å². The van der Waals surface area contributed by atoms with Crippen LogP contribution in [0.4, 0.5) is 0 Å². The number of hydrogen-bond donors (Lipinski definition) is 0. The number of nitrogens with zero attached hydrogens (tertiary/aromatic N) is 10. The lowest BCUT2D eigenvalue weighted by atomic mass is 9.88. The van der Waals surface area contributed by atoms with Crippen molar-refractivity contribution < 1.29 is 8.83 Å². The van der Waals surface area contributed by atoms with E-state index in [2.05, 4.69) is 362 Å². The van der Waals surface area contributed by atoms with Gasteiger partial charge in [-0.1, -0.05) is 419 Å². The van der Waals surface area contributed by atoms with Crippen LogP contribution in [0.1, 0.15) is 0 Å². The molecule has 0 aliphatic carbocycles. The van der Waals surface area contributed by atoms with Gasteiger partial charge in [-0.2, -0.15) is 0 Å². The second-order valence-corrected chi connectivity index (χ2v) is 37.5. The predicted molar refractivity (Wildman–Crippen MR) is 602 cm³/mol. The standard InChI is InChI=1S/C49H31N3O.C43H26N4S.C41H25N3O/c1-3-14-32(15-4-1)33-26-28-35(29-27-33)48-50-47(34-16-5-2-6-17-34)51-49(52-48)41-23-10-9-21-39(41)36-19-13-20-38(30-36)45-40-22-8-7-18-37(40)31-44-46(45)42-24-11-12-25-43(42)53-44;1-3-13-27(14-4-1)41-44-42(29-23-24-33-32-19-9-11-21-35(32)47(36(33)25-29)30-16-5-2-6-17-30)46-43(45-41)40-31-18-8-7-15-28(31)26-38-39(40)34-20-10-12-22-37(34)48-38;1-3-13-26(14-4-1)39-42-40(27-15-5-2-6-16-27)44-41(43-39)34-24-29-18-8-7-17-28(29)23-33(34)37-31-20-10-9-19-30(31)25-36-38(37)32-21-11-12-22-35(32)45-36/h1-31H;1-26H;1-25H. The minimum atomic E-state index is 0.621. The van der Waals surface area contributed by atoms with E-state index in [4.69, 9.17) is 53.7 Å². The quantitative estimate of drug-likeness (QED) is 0.102. The fourth-order valence-corrected chi connectivity index (χ4v) is 22.0. The molecule has 146 heavy (non-hydrogen) atoms. The van der Waals surface area contributed by atoms with E-state index in [9.17, 15) is 0 Å². The van der Waals surface area contributed by atoms with Crippen LogP contribution in [0.3, 0.4) is 0 Å². The lowest BCUT2D eigenvalue weighted by Crippen LogP contribution is -2.01. The molecule has 0 atom stereocenters. The highest BCUT2D eigenvalue weighted by Gasteiger charge is 2.28. The summed E-state index contributed by atoms with van der Waals surface area (Å²) >= 11 is 1.82. The summed E-state index contributed by atoms with van der Waals surface area (Å²) in [5, 5.41) is 18.4. The maximum atomic E-state index is 6.47. The normalized spacial score (nSPS) is 11.6. The molecule has 12 nitrogen and oxygen atoms in total. The molecular formula is C133H82N10O2S. The monoisotopic (exact) mass is 1880 g/mol. The Labute approximate surface area is 842 Å². The Hall–Kier alpha value is -19.5. The Morgan fingerprint density at radius 3 is 1.08 bits per heavy atom. The Morgan fingerprint density at radius 1 is 0.164 bits per heavy atom. The Bertz CT molecular complexity index is 10100. The molecule has 0 saturated heterocycles. The average Bonchev–Trinajstić information content (AvgIpc) is 1.38. The number of benzene rings is 22. The first-order valence-electron chi connectivity index (χ1n) is 48.8. The molecule has 0 N–H and O–H groups in total.